The molecule has 1 amide bonds. The minimum atomic E-state index is 0.0305. The van der Waals surface area contributed by atoms with Crippen LogP contribution in [0.2, 0.25) is 0 Å². The molecule has 2 rings (SSSR count). The van der Waals surface area contributed by atoms with Crippen molar-refractivity contribution >= 4 is 11.6 Å². The molecule has 1 aromatic carbocycles. The van der Waals surface area contributed by atoms with Crippen LogP contribution in [-0.4, -0.2) is 27.2 Å². The van der Waals surface area contributed by atoms with E-state index in [0.717, 1.165) is 30.6 Å². The van der Waals surface area contributed by atoms with Crippen molar-refractivity contribution in [1.82, 2.24) is 14.8 Å². The first-order valence-corrected chi connectivity index (χ1v) is 6.74. The van der Waals surface area contributed by atoms with E-state index in [0.29, 0.717) is 13.0 Å². The molecule has 0 aliphatic heterocycles. The zero-order valence-electron chi connectivity index (χ0n) is 11.3. The summed E-state index contributed by atoms with van der Waals surface area (Å²) < 4.78 is 1.79. The maximum atomic E-state index is 11.8. The van der Waals surface area contributed by atoms with E-state index >= 15 is 0 Å². The lowest BCUT2D eigenvalue weighted by Crippen LogP contribution is -2.11. The fourth-order valence-electron chi connectivity index (χ4n) is 1.91. The lowest BCUT2D eigenvalue weighted by Gasteiger charge is -2.07. The summed E-state index contributed by atoms with van der Waals surface area (Å²) in [4.78, 5) is 11.8. The third-order valence-corrected chi connectivity index (χ3v) is 2.95. The Balaban J connectivity index is 1.90. The summed E-state index contributed by atoms with van der Waals surface area (Å²) in [5.74, 6) is 0.0305. The molecule has 1 heterocycles. The van der Waals surface area contributed by atoms with Gasteiger partial charge in [-0.1, -0.05) is 12.5 Å². The van der Waals surface area contributed by atoms with Crippen molar-refractivity contribution in [3.63, 3.8) is 0 Å². The highest BCUT2D eigenvalue weighted by Gasteiger charge is 2.03. The van der Waals surface area contributed by atoms with Gasteiger partial charge in [0.15, 0.2) is 0 Å². The predicted octanol–water partition coefficient (Wildman–Crippen LogP) is 1.72. The number of nitrogens with two attached hydrogens (primary N) is 1. The van der Waals surface area contributed by atoms with Crippen LogP contribution in [0, 0.1) is 0 Å². The first-order valence-electron chi connectivity index (χ1n) is 6.74. The highest BCUT2D eigenvalue weighted by atomic mass is 16.1. The molecule has 0 bridgehead atoms. The van der Waals surface area contributed by atoms with Crippen LogP contribution in [-0.2, 0) is 4.79 Å². The summed E-state index contributed by atoms with van der Waals surface area (Å²) in [5.41, 5.74) is 7.11. The monoisotopic (exact) mass is 273 g/mol. The Morgan fingerprint density at radius 1 is 1.20 bits per heavy atom. The number of nitrogens with one attached hydrogen (secondary N) is 1. The molecule has 1 aromatic heterocycles. The van der Waals surface area contributed by atoms with Gasteiger partial charge in [0.2, 0.25) is 5.91 Å². The average molecular weight is 273 g/mol. The number of aromatic nitrogens is 3. The average Bonchev–Trinajstić information content (AvgIpc) is 2.98. The molecule has 106 valence electrons. The van der Waals surface area contributed by atoms with Crippen LogP contribution in [0.25, 0.3) is 5.69 Å². The van der Waals surface area contributed by atoms with Gasteiger partial charge < -0.3 is 11.1 Å². The van der Waals surface area contributed by atoms with Crippen LogP contribution < -0.4 is 11.1 Å². The number of anilines is 1. The summed E-state index contributed by atoms with van der Waals surface area (Å²) in [7, 11) is 0. The Morgan fingerprint density at radius 3 is 2.75 bits per heavy atom. The van der Waals surface area contributed by atoms with E-state index in [1.165, 1.54) is 0 Å². The molecular weight excluding hydrogens is 254 g/mol. The van der Waals surface area contributed by atoms with Crippen LogP contribution in [0.5, 0.6) is 0 Å². The third kappa shape index (κ3) is 4.17. The van der Waals surface area contributed by atoms with Crippen molar-refractivity contribution in [3.8, 4) is 5.69 Å². The number of carbonyl (C=O) groups is 1. The SMILES string of the molecule is NCCCCCC(=O)Nc1cccc(-n2cnnc2)c1. The number of hydrogen-bond donors (Lipinski definition) is 2. The molecule has 6 nitrogen and oxygen atoms in total. The summed E-state index contributed by atoms with van der Waals surface area (Å²) >= 11 is 0. The first kappa shape index (κ1) is 14.2. The van der Waals surface area contributed by atoms with Crippen LogP contribution in [0.15, 0.2) is 36.9 Å². The van der Waals surface area contributed by atoms with E-state index < -0.39 is 0 Å². The largest absolute Gasteiger partial charge is 0.330 e. The van der Waals surface area contributed by atoms with Crippen LogP contribution in [0.3, 0.4) is 0 Å². The van der Waals surface area contributed by atoms with Gasteiger partial charge in [-0.2, -0.15) is 0 Å². The number of benzene rings is 1. The van der Waals surface area contributed by atoms with Crippen molar-refractivity contribution < 1.29 is 4.79 Å². The second-order valence-electron chi connectivity index (χ2n) is 4.57. The van der Waals surface area contributed by atoms with Gasteiger partial charge in [0.25, 0.3) is 0 Å². The number of carbonyl (C=O) groups excluding carboxylic acids is 1. The van der Waals surface area contributed by atoms with Crippen LogP contribution >= 0.6 is 0 Å². The van der Waals surface area contributed by atoms with Gasteiger partial charge >= 0.3 is 0 Å². The van der Waals surface area contributed by atoms with Crippen molar-refractivity contribution in [3.05, 3.63) is 36.9 Å². The second kappa shape index (κ2) is 7.40. The highest BCUT2D eigenvalue weighted by Crippen LogP contribution is 2.14. The standard InChI is InChI=1S/C14H19N5O/c15-8-3-1-2-7-14(20)18-12-5-4-6-13(9-12)19-10-16-17-11-19/h4-6,9-11H,1-3,7-8,15H2,(H,18,20). The highest BCUT2D eigenvalue weighted by molar-refractivity contribution is 5.90. The molecule has 0 aliphatic carbocycles. The van der Waals surface area contributed by atoms with Crippen LogP contribution in [0.1, 0.15) is 25.7 Å². The van der Waals surface area contributed by atoms with Crippen LogP contribution in [0.4, 0.5) is 5.69 Å². The van der Waals surface area contributed by atoms with Crippen molar-refractivity contribution in [2.45, 2.75) is 25.7 Å². The maximum Gasteiger partial charge on any atom is 0.224 e. The molecule has 6 heteroatoms. The number of amides is 1. The number of hydrogen-bond acceptors (Lipinski definition) is 4. The van der Waals surface area contributed by atoms with Gasteiger partial charge in [-0.15, -0.1) is 10.2 Å². The molecule has 0 saturated heterocycles. The second-order valence-corrected chi connectivity index (χ2v) is 4.57. The van der Waals surface area contributed by atoms with E-state index in [2.05, 4.69) is 15.5 Å². The molecule has 0 spiro atoms. The molecule has 3 N–H and O–H groups in total. The molecule has 20 heavy (non-hydrogen) atoms. The molecule has 2 aromatic rings. The third-order valence-electron chi connectivity index (χ3n) is 2.95. The zero-order chi connectivity index (χ0) is 14.2. The van der Waals surface area contributed by atoms with E-state index in [9.17, 15) is 4.79 Å². The quantitative estimate of drug-likeness (QED) is 0.752. The maximum absolute atomic E-state index is 11.8. The van der Waals surface area contributed by atoms with Gasteiger partial charge in [0.05, 0.1) is 5.69 Å². The Labute approximate surface area is 118 Å². The smallest absolute Gasteiger partial charge is 0.224 e. The Bertz CT molecular complexity index is 538. The molecular formula is C14H19N5O. The molecule has 0 radical (unpaired) electrons. The fraction of sp³-hybridized carbons (Fsp3) is 0.357. The summed E-state index contributed by atoms with van der Waals surface area (Å²) in [5, 5.41) is 10.4. The molecule has 0 aliphatic rings. The van der Waals surface area contributed by atoms with E-state index in [-0.39, 0.29) is 5.91 Å². The first-order chi connectivity index (χ1) is 9.79. The summed E-state index contributed by atoms with van der Waals surface area (Å²) in [6, 6.07) is 7.58. The van der Waals surface area contributed by atoms with Gasteiger partial charge in [-0.25, -0.2) is 0 Å². The molecule has 0 fully saturated rings. The minimum absolute atomic E-state index is 0.0305. The number of unbranched alkanes of at least 4 members (excludes halogenated alkanes) is 2. The molecule has 0 saturated carbocycles. The summed E-state index contributed by atoms with van der Waals surface area (Å²) in [6.07, 6.45) is 6.59. The molecule has 0 atom stereocenters. The van der Waals surface area contributed by atoms with Crippen molar-refractivity contribution in [1.29, 1.82) is 0 Å². The van der Waals surface area contributed by atoms with E-state index in [1.807, 2.05) is 24.3 Å². The van der Waals surface area contributed by atoms with Gasteiger partial charge in [0.1, 0.15) is 12.7 Å². The normalized spacial score (nSPS) is 10.4. The Morgan fingerprint density at radius 2 is 2.00 bits per heavy atom. The van der Waals surface area contributed by atoms with E-state index in [4.69, 9.17) is 5.73 Å². The lowest BCUT2D eigenvalue weighted by atomic mass is 10.2. The predicted molar refractivity (Wildman–Crippen MR) is 77.5 cm³/mol. The van der Waals surface area contributed by atoms with Gasteiger partial charge in [-0.05, 0) is 37.6 Å². The lowest BCUT2D eigenvalue weighted by molar-refractivity contribution is -0.116. The van der Waals surface area contributed by atoms with Gasteiger partial charge in [0, 0.05) is 12.1 Å². The Kier molecular flexibility index (Phi) is 5.25. The van der Waals surface area contributed by atoms with E-state index in [1.54, 1.807) is 17.2 Å². The topological polar surface area (TPSA) is 85.8 Å². The van der Waals surface area contributed by atoms with Crippen molar-refractivity contribution in [2.24, 2.45) is 5.73 Å². The Hall–Kier alpha value is -2.21. The number of rotatable bonds is 7. The minimum Gasteiger partial charge on any atom is -0.330 e. The van der Waals surface area contributed by atoms with Crippen molar-refractivity contribution in [2.75, 3.05) is 11.9 Å². The zero-order valence-corrected chi connectivity index (χ0v) is 11.3. The number of nitrogens with zero attached hydrogens (tertiary/aromatic N) is 3. The molecule has 0 unspecified atom stereocenters. The fourth-order valence-corrected chi connectivity index (χ4v) is 1.91. The summed E-state index contributed by atoms with van der Waals surface area (Å²) in [6.45, 7) is 0.683. The van der Waals surface area contributed by atoms with Gasteiger partial charge in [-0.3, -0.25) is 9.36 Å².